The lowest BCUT2D eigenvalue weighted by Crippen LogP contribution is -2.26. The maximum Gasteiger partial charge on any atom is 0.412 e. The molecule has 2 rings (SSSR count). The van der Waals surface area contributed by atoms with Gasteiger partial charge >= 0.3 is 6.09 Å². The van der Waals surface area contributed by atoms with E-state index >= 15 is 0 Å². The van der Waals surface area contributed by atoms with Crippen molar-refractivity contribution < 1.29 is 9.53 Å². The first-order valence-corrected chi connectivity index (χ1v) is 7.13. The Morgan fingerprint density at radius 2 is 2.06 bits per heavy atom. The third-order valence-corrected chi connectivity index (χ3v) is 3.63. The maximum absolute atomic E-state index is 11.6. The van der Waals surface area contributed by atoms with Crippen LogP contribution >= 0.6 is 27.3 Å². The summed E-state index contributed by atoms with van der Waals surface area (Å²) < 4.78 is 7.36. The normalized spacial score (nSPS) is 11.6. The van der Waals surface area contributed by atoms with Crippen LogP contribution in [-0.2, 0) is 4.74 Å². The van der Waals surface area contributed by atoms with Crippen molar-refractivity contribution in [3.63, 3.8) is 0 Å². The molecule has 0 saturated heterocycles. The number of hydrogen-bond acceptors (Lipinski definition) is 3. The van der Waals surface area contributed by atoms with Gasteiger partial charge in [0.25, 0.3) is 0 Å². The Kier molecular flexibility index (Phi) is 3.64. The highest BCUT2D eigenvalue weighted by Crippen LogP contribution is 2.31. The molecule has 0 aliphatic rings. The van der Waals surface area contributed by atoms with E-state index in [1.165, 1.54) is 11.3 Å². The molecule has 0 saturated carbocycles. The van der Waals surface area contributed by atoms with Gasteiger partial charge in [0.05, 0.1) is 5.00 Å². The number of amides is 1. The fourth-order valence-corrected chi connectivity index (χ4v) is 2.79. The quantitative estimate of drug-likeness (QED) is 0.799. The van der Waals surface area contributed by atoms with Crippen LogP contribution < -0.4 is 5.32 Å². The Morgan fingerprint density at radius 3 is 2.72 bits per heavy atom. The Bertz CT molecular complexity index is 586. The van der Waals surface area contributed by atoms with Crippen molar-refractivity contribution in [2.24, 2.45) is 0 Å². The predicted molar refractivity (Wildman–Crippen MR) is 79.4 cm³/mol. The summed E-state index contributed by atoms with van der Waals surface area (Å²) >= 11 is 4.95. The number of thiophene rings is 1. The van der Waals surface area contributed by atoms with E-state index in [0.717, 1.165) is 19.6 Å². The molecule has 3 nitrogen and oxygen atoms in total. The number of ether oxygens (including phenoxy) is 1. The molecule has 1 aromatic carbocycles. The van der Waals surface area contributed by atoms with E-state index in [1.54, 1.807) is 0 Å². The fourth-order valence-electron chi connectivity index (χ4n) is 1.48. The molecule has 18 heavy (non-hydrogen) atoms. The number of carbonyl (C=O) groups excluding carboxylic acids is 1. The predicted octanol–water partition coefficient (Wildman–Crippen LogP) is 5.01. The summed E-state index contributed by atoms with van der Waals surface area (Å²) in [5.41, 5.74) is -0.482. The number of halogens is 1. The lowest BCUT2D eigenvalue weighted by Gasteiger charge is -2.19. The molecule has 1 amide bonds. The summed E-state index contributed by atoms with van der Waals surface area (Å²) in [6.07, 6.45) is -0.423. The zero-order valence-corrected chi connectivity index (χ0v) is 12.8. The van der Waals surface area contributed by atoms with Crippen LogP contribution in [0.4, 0.5) is 9.80 Å². The van der Waals surface area contributed by atoms with Gasteiger partial charge in [0.1, 0.15) is 5.60 Å². The Hall–Kier alpha value is -1.07. The first-order chi connectivity index (χ1) is 8.33. The zero-order chi connectivity index (χ0) is 13.3. The summed E-state index contributed by atoms with van der Waals surface area (Å²) in [7, 11) is 0. The number of rotatable bonds is 1. The van der Waals surface area contributed by atoms with E-state index in [9.17, 15) is 4.79 Å². The number of carbonyl (C=O) groups is 1. The molecule has 0 aliphatic heterocycles. The maximum atomic E-state index is 11.6. The molecule has 0 bridgehead atoms. The minimum atomic E-state index is -0.482. The van der Waals surface area contributed by atoms with Gasteiger partial charge in [0.15, 0.2) is 0 Å². The number of hydrogen-bond donors (Lipinski definition) is 1. The standard InChI is InChI=1S/C13H14BrNO2S/c1-13(2,3)17-12(16)15-11-7-8-6-9(14)4-5-10(8)18-11/h4-7H,1-3H3,(H,15,16). The average molecular weight is 328 g/mol. The molecule has 1 heterocycles. The van der Waals surface area contributed by atoms with Crippen LogP contribution in [0.3, 0.4) is 0 Å². The summed E-state index contributed by atoms with van der Waals surface area (Å²) in [6.45, 7) is 5.53. The van der Waals surface area contributed by atoms with Crippen LogP contribution in [-0.4, -0.2) is 11.7 Å². The minimum Gasteiger partial charge on any atom is -0.444 e. The number of nitrogens with one attached hydrogen (secondary N) is 1. The molecule has 0 atom stereocenters. The van der Waals surface area contributed by atoms with Crippen molar-refractivity contribution in [2.75, 3.05) is 5.32 Å². The molecule has 0 unspecified atom stereocenters. The highest BCUT2D eigenvalue weighted by Gasteiger charge is 2.16. The molecular formula is C13H14BrNO2S. The van der Waals surface area contributed by atoms with Crippen LogP contribution in [0.25, 0.3) is 10.1 Å². The summed E-state index contributed by atoms with van der Waals surface area (Å²) in [5.74, 6) is 0. The summed E-state index contributed by atoms with van der Waals surface area (Å²) in [6, 6.07) is 7.96. The van der Waals surface area contributed by atoms with Crippen LogP contribution in [0.15, 0.2) is 28.7 Å². The Labute approximate surface area is 118 Å². The van der Waals surface area contributed by atoms with E-state index in [2.05, 4.69) is 21.2 Å². The topological polar surface area (TPSA) is 38.3 Å². The van der Waals surface area contributed by atoms with Gasteiger partial charge < -0.3 is 4.74 Å². The first-order valence-electron chi connectivity index (χ1n) is 5.52. The highest BCUT2D eigenvalue weighted by molar-refractivity contribution is 9.10. The SMILES string of the molecule is CC(C)(C)OC(=O)Nc1cc2cc(Br)ccc2s1. The third kappa shape index (κ3) is 3.46. The van der Waals surface area contributed by atoms with Gasteiger partial charge in [-0.2, -0.15) is 0 Å². The minimum absolute atomic E-state index is 0.423. The third-order valence-electron chi connectivity index (χ3n) is 2.10. The molecule has 0 radical (unpaired) electrons. The summed E-state index contributed by atoms with van der Waals surface area (Å²) in [5, 5.41) is 4.64. The van der Waals surface area contributed by atoms with Crippen molar-refractivity contribution >= 4 is 48.4 Å². The van der Waals surface area contributed by atoms with E-state index < -0.39 is 11.7 Å². The van der Waals surface area contributed by atoms with E-state index in [4.69, 9.17) is 4.74 Å². The van der Waals surface area contributed by atoms with Gasteiger partial charge in [-0.25, -0.2) is 4.79 Å². The second kappa shape index (κ2) is 4.90. The number of benzene rings is 1. The van der Waals surface area contributed by atoms with Crippen LogP contribution in [0, 0.1) is 0 Å². The molecule has 1 aromatic heterocycles. The average Bonchev–Trinajstić information content (AvgIpc) is 2.55. The van der Waals surface area contributed by atoms with Crippen molar-refractivity contribution in [3.8, 4) is 0 Å². The van der Waals surface area contributed by atoms with Crippen molar-refractivity contribution in [2.45, 2.75) is 26.4 Å². The van der Waals surface area contributed by atoms with Gasteiger partial charge in [0.2, 0.25) is 0 Å². The molecule has 5 heteroatoms. The largest absolute Gasteiger partial charge is 0.444 e. The Morgan fingerprint density at radius 1 is 1.33 bits per heavy atom. The summed E-state index contributed by atoms with van der Waals surface area (Å²) in [4.78, 5) is 11.6. The van der Waals surface area contributed by atoms with Crippen molar-refractivity contribution in [3.05, 3.63) is 28.7 Å². The number of fused-ring (bicyclic) bond motifs is 1. The fraction of sp³-hybridized carbons (Fsp3) is 0.308. The molecular weight excluding hydrogens is 314 g/mol. The molecule has 0 aliphatic carbocycles. The molecule has 2 aromatic rings. The van der Waals surface area contributed by atoms with Gasteiger partial charge in [-0.3, -0.25) is 5.32 Å². The van der Waals surface area contributed by atoms with Crippen LogP contribution in [0.5, 0.6) is 0 Å². The lowest BCUT2D eigenvalue weighted by atomic mass is 10.2. The van der Waals surface area contributed by atoms with Crippen molar-refractivity contribution in [1.82, 2.24) is 0 Å². The van der Waals surface area contributed by atoms with Gasteiger partial charge in [0, 0.05) is 9.17 Å². The molecule has 96 valence electrons. The van der Waals surface area contributed by atoms with Crippen LogP contribution in [0.2, 0.25) is 0 Å². The monoisotopic (exact) mass is 327 g/mol. The van der Waals surface area contributed by atoms with Gasteiger partial charge in [-0.15, -0.1) is 11.3 Å². The van der Waals surface area contributed by atoms with Crippen molar-refractivity contribution in [1.29, 1.82) is 0 Å². The van der Waals surface area contributed by atoms with E-state index in [0.29, 0.717) is 0 Å². The Balaban J connectivity index is 2.15. The highest BCUT2D eigenvalue weighted by atomic mass is 79.9. The van der Waals surface area contributed by atoms with E-state index in [1.807, 2.05) is 45.0 Å². The molecule has 0 fully saturated rings. The first kappa shape index (κ1) is 13.4. The molecule has 0 spiro atoms. The molecule has 1 N–H and O–H groups in total. The second-order valence-electron chi connectivity index (χ2n) is 4.92. The van der Waals surface area contributed by atoms with E-state index in [-0.39, 0.29) is 0 Å². The number of anilines is 1. The van der Waals surface area contributed by atoms with Gasteiger partial charge in [-0.1, -0.05) is 15.9 Å². The zero-order valence-electron chi connectivity index (χ0n) is 10.4. The van der Waals surface area contributed by atoms with Crippen LogP contribution in [0.1, 0.15) is 20.8 Å². The second-order valence-corrected chi connectivity index (χ2v) is 6.92. The van der Waals surface area contributed by atoms with Gasteiger partial charge in [-0.05, 0) is 50.4 Å². The smallest absolute Gasteiger partial charge is 0.412 e. The lowest BCUT2D eigenvalue weighted by molar-refractivity contribution is 0.0636.